The van der Waals surface area contributed by atoms with Gasteiger partial charge in [0, 0.05) is 42.7 Å². The number of likely N-dealkylation sites (tertiary alicyclic amines) is 2. The molecule has 2 saturated heterocycles. The lowest BCUT2D eigenvalue weighted by Gasteiger charge is -2.29. The van der Waals surface area contributed by atoms with E-state index in [2.05, 4.69) is 90.6 Å². The predicted octanol–water partition coefficient (Wildman–Crippen LogP) is 9.25. The predicted molar refractivity (Wildman–Crippen MR) is 225 cm³/mol. The van der Waals surface area contributed by atoms with Gasteiger partial charge in [0.25, 0.3) is 5.91 Å². The molecule has 5 atom stereocenters. The van der Waals surface area contributed by atoms with Crippen molar-refractivity contribution in [1.82, 2.24) is 25.1 Å². The molecule has 0 unspecified atom stereocenters. The number of aromatic amines is 1. The first-order valence-corrected chi connectivity index (χ1v) is 20.4. The van der Waals surface area contributed by atoms with Crippen molar-refractivity contribution in [1.29, 1.82) is 0 Å². The number of nitrogens with zero attached hydrogens (tertiary/aromatic N) is 4. The molecule has 3 aliphatic rings. The second-order valence-electron chi connectivity index (χ2n) is 16.3. The fourth-order valence-electron chi connectivity index (χ4n) is 8.78. The lowest BCUT2D eigenvalue weighted by molar-refractivity contribution is -0.136. The summed E-state index contributed by atoms with van der Waals surface area (Å²) in [7, 11) is 1.30. The Labute approximate surface area is 334 Å². The number of imidazole rings is 1. The fraction of sp³-hybridized carbons (Fsp3) is 0.383. The molecule has 3 amide bonds. The minimum Gasteiger partial charge on any atom is -0.453 e. The highest BCUT2D eigenvalue weighted by Gasteiger charge is 2.41. The zero-order chi connectivity index (χ0) is 39.8. The van der Waals surface area contributed by atoms with Crippen molar-refractivity contribution in [3.8, 4) is 11.1 Å². The van der Waals surface area contributed by atoms with Crippen molar-refractivity contribution in [2.45, 2.75) is 77.9 Å². The largest absolute Gasteiger partial charge is 0.453 e. The number of ether oxygens (including phenoxy) is 1. The quantitative estimate of drug-likeness (QED) is 0.147. The lowest BCUT2D eigenvalue weighted by Crippen LogP contribution is -2.43. The van der Waals surface area contributed by atoms with Crippen LogP contribution in [-0.4, -0.2) is 69.6 Å². The molecular formula is C47H52N6O4. The summed E-state index contributed by atoms with van der Waals surface area (Å²) in [5.74, 6) is 1.44. The summed E-state index contributed by atoms with van der Waals surface area (Å²) in [5.41, 5.74) is 8.16. The van der Waals surface area contributed by atoms with Crippen LogP contribution in [0.1, 0.15) is 88.8 Å². The van der Waals surface area contributed by atoms with Gasteiger partial charge in [-0.3, -0.25) is 14.6 Å². The van der Waals surface area contributed by atoms with Gasteiger partial charge in [0.2, 0.25) is 5.91 Å². The van der Waals surface area contributed by atoms with Crippen LogP contribution in [0.4, 0.5) is 4.79 Å². The number of amides is 3. The molecule has 4 heterocycles. The first kappa shape index (κ1) is 38.1. The molecule has 0 aliphatic carbocycles. The minimum atomic E-state index is -0.881. The Morgan fingerprint density at radius 2 is 1.65 bits per heavy atom. The highest BCUT2D eigenvalue weighted by atomic mass is 16.5. The molecule has 0 spiro atoms. The van der Waals surface area contributed by atoms with Gasteiger partial charge >= 0.3 is 6.09 Å². The molecule has 0 saturated carbocycles. The number of carbonyl (C=O) groups excluding carboxylic acids is 3. The van der Waals surface area contributed by atoms with Crippen LogP contribution in [0.25, 0.3) is 38.5 Å². The van der Waals surface area contributed by atoms with Crippen LogP contribution in [0, 0.1) is 17.8 Å². The standard InChI is InChI=1S/C47H52N6O4/c1-6-30-23-41(53(27-30)46(55)42(51-47(56)57-5)33-11-8-7-9-12-33)44-49-38-21-19-35-24-34(18-20-37(35)43(38)50-44)31-14-16-32(17-15-31)36-25-39(48-26-36)40-13-10-22-52(40)45(54)29(4)28(2)3/h7-9,11-12,14-21,24,26,28-30,40-42H,6,10,13,22-23,25,27H2,1-5H3,(H,49,50)(H,51,56)/t29-,30-,40-,41-,42+/m0/s1. The Bertz CT molecular complexity index is 2360. The molecule has 294 valence electrons. The Morgan fingerprint density at radius 3 is 2.39 bits per heavy atom. The lowest BCUT2D eigenvalue weighted by atomic mass is 9.94. The Morgan fingerprint density at radius 1 is 0.895 bits per heavy atom. The number of methoxy groups -OCH3 is 1. The van der Waals surface area contributed by atoms with Crippen molar-refractivity contribution in [2.75, 3.05) is 20.2 Å². The highest BCUT2D eigenvalue weighted by Crippen LogP contribution is 2.40. The van der Waals surface area contributed by atoms with Gasteiger partial charge in [0.1, 0.15) is 11.9 Å². The molecule has 4 aromatic carbocycles. The second kappa shape index (κ2) is 16.0. The Balaban J connectivity index is 0.997. The van der Waals surface area contributed by atoms with Gasteiger partial charge in [-0.2, -0.15) is 0 Å². The van der Waals surface area contributed by atoms with E-state index in [0.717, 1.165) is 88.7 Å². The zero-order valence-corrected chi connectivity index (χ0v) is 33.5. The Kier molecular flexibility index (Phi) is 10.7. The van der Waals surface area contributed by atoms with Crippen molar-refractivity contribution >= 4 is 51.0 Å². The number of carbonyl (C=O) groups is 3. The third-order valence-corrected chi connectivity index (χ3v) is 12.5. The van der Waals surface area contributed by atoms with Crippen LogP contribution in [0.15, 0.2) is 96.1 Å². The molecule has 10 heteroatoms. The van der Waals surface area contributed by atoms with Crippen molar-refractivity contribution in [2.24, 2.45) is 22.7 Å². The van der Waals surface area contributed by atoms with E-state index < -0.39 is 12.1 Å². The van der Waals surface area contributed by atoms with E-state index >= 15 is 0 Å². The van der Waals surface area contributed by atoms with E-state index in [1.165, 1.54) is 12.7 Å². The maximum atomic E-state index is 14.3. The van der Waals surface area contributed by atoms with Gasteiger partial charge in [0.05, 0.1) is 30.2 Å². The molecule has 57 heavy (non-hydrogen) atoms. The molecule has 0 radical (unpaired) electrons. The molecule has 0 bridgehead atoms. The monoisotopic (exact) mass is 764 g/mol. The summed E-state index contributed by atoms with van der Waals surface area (Å²) in [6.07, 6.45) is 5.81. The first-order chi connectivity index (χ1) is 27.6. The van der Waals surface area contributed by atoms with Gasteiger partial charge in [-0.15, -0.1) is 0 Å². The number of hydrogen-bond acceptors (Lipinski definition) is 6. The van der Waals surface area contributed by atoms with Crippen LogP contribution in [0.5, 0.6) is 0 Å². The normalized spacial score (nSPS) is 20.6. The number of benzene rings is 4. The Hall–Kier alpha value is -5.77. The summed E-state index contributed by atoms with van der Waals surface area (Å²) < 4.78 is 4.90. The smallest absolute Gasteiger partial charge is 0.407 e. The van der Waals surface area contributed by atoms with E-state index in [-0.39, 0.29) is 29.8 Å². The first-order valence-electron chi connectivity index (χ1n) is 20.4. The average Bonchev–Trinajstić information content (AvgIpc) is 4.08. The third-order valence-electron chi connectivity index (χ3n) is 12.5. The molecule has 5 aromatic rings. The average molecular weight is 765 g/mol. The number of H-pyrrole nitrogens is 1. The van der Waals surface area contributed by atoms with Crippen molar-refractivity contribution < 1.29 is 19.1 Å². The summed E-state index contributed by atoms with van der Waals surface area (Å²) in [6, 6.07) is 27.6. The van der Waals surface area contributed by atoms with Gasteiger partial charge in [-0.1, -0.05) is 107 Å². The number of hydrogen-bond donors (Lipinski definition) is 2. The van der Waals surface area contributed by atoms with E-state index in [1.807, 2.05) is 48.4 Å². The van der Waals surface area contributed by atoms with Gasteiger partial charge in [0.15, 0.2) is 0 Å². The highest BCUT2D eigenvalue weighted by molar-refractivity contribution is 6.06. The SMILES string of the molecule is CC[C@H]1C[C@@H](c2nc3c(ccc4cc(-c5ccc(C6=CN=C([C@@H]7CCCN7C(=O)[C@@H](C)C(C)C)C6)cc5)ccc43)[nH]2)N(C(=O)[C@H](NC(=O)OC)c2ccccc2)C1. The van der Waals surface area contributed by atoms with Crippen molar-refractivity contribution in [3.63, 3.8) is 0 Å². The van der Waals surface area contributed by atoms with E-state index in [0.29, 0.717) is 23.9 Å². The molecule has 2 fully saturated rings. The number of aliphatic imine (C=N–C) groups is 1. The molecule has 1 aromatic heterocycles. The fourth-order valence-corrected chi connectivity index (χ4v) is 8.78. The van der Waals surface area contributed by atoms with Crippen molar-refractivity contribution in [3.05, 3.63) is 108 Å². The molecule has 3 aliphatic heterocycles. The van der Waals surface area contributed by atoms with E-state index in [9.17, 15) is 14.4 Å². The number of allylic oxidation sites excluding steroid dienone is 1. The topological polar surface area (TPSA) is 120 Å². The number of fused-ring (bicyclic) bond motifs is 3. The van der Waals surface area contributed by atoms with Crippen LogP contribution < -0.4 is 5.32 Å². The molecule has 8 rings (SSSR count). The summed E-state index contributed by atoms with van der Waals surface area (Å²) in [4.78, 5) is 57.4. The van der Waals surface area contributed by atoms with Gasteiger partial charge in [-0.05, 0) is 76.4 Å². The van der Waals surface area contributed by atoms with E-state index in [1.54, 1.807) is 0 Å². The number of nitrogens with one attached hydrogen (secondary N) is 2. The maximum absolute atomic E-state index is 14.3. The molecular weight excluding hydrogens is 713 g/mol. The summed E-state index contributed by atoms with van der Waals surface area (Å²) >= 11 is 0. The maximum Gasteiger partial charge on any atom is 0.407 e. The molecule has 2 N–H and O–H groups in total. The number of rotatable bonds is 10. The summed E-state index contributed by atoms with van der Waals surface area (Å²) in [6.45, 7) is 9.81. The molecule has 10 nitrogen and oxygen atoms in total. The van der Waals surface area contributed by atoms with E-state index in [4.69, 9.17) is 14.7 Å². The second-order valence-corrected chi connectivity index (χ2v) is 16.3. The minimum absolute atomic E-state index is 0.0112. The number of aromatic nitrogens is 2. The third kappa shape index (κ3) is 7.45. The van der Waals surface area contributed by atoms with Crippen LogP contribution in [0.3, 0.4) is 0 Å². The van der Waals surface area contributed by atoms with Crippen LogP contribution in [0.2, 0.25) is 0 Å². The summed E-state index contributed by atoms with van der Waals surface area (Å²) in [5, 5.41) is 4.89. The van der Waals surface area contributed by atoms with Gasteiger partial charge in [-0.25, -0.2) is 9.78 Å². The van der Waals surface area contributed by atoms with Gasteiger partial charge < -0.3 is 24.8 Å². The zero-order valence-electron chi connectivity index (χ0n) is 33.5. The number of alkyl carbamates (subject to hydrolysis) is 1. The van der Waals surface area contributed by atoms with Crippen LogP contribution in [-0.2, 0) is 14.3 Å². The van der Waals surface area contributed by atoms with Crippen LogP contribution >= 0.6 is 0 Å².